The second kappa shape index (κ2) is 7.73. The average molecular weight is 392 g/mol. The van der Waals surface area contributed by atoms with Crippen LogP contribution < -0.4 is 9.80 Å². The lowest BCUT2D eigenvalue weighted by molar-refractivity contribution is -1.02. The van der Waals surface area contributed by atoms with Crippen molar-refractivity contribution in [2.75, 3.05) is 32.8 Å². The zero-order chi connectivity index (χ0) is 19.8. The lowest BCUT2D eigenvalue weighted by Crippen LogP contribution is -3.28. The van der Waals surface area contributed by atoms with E-state index >= 15 is 0 Å². The van der Waals surface area contributed by atoms with Crippen molar-refractivity contribution in [3.05, 3.63) is 60.2 Å². The molecule has 150 valence electrons. The molecule has 2 N–H and O–H groups in total. The highest BCUT2D eigenvalue weighted by Crippen LogP contribution is 2.34. The summed E-state index contributed by atoms with van der Waals surface area (Å²) in [4.78, 5) is 29.9. The lowest BCUT2D eigenvalue weighted by atomic mass is 9.85. The van der Waals surface area contributed by atoms with Crippen molar-refractivity contribution in [3.63, 3.8) is 0 Å². The highest BCUT2D eigenvalue weighted by atomic mass is 16.2. The van der Waals surface area contributed by atoms with Crippen molar-refractivity contribution < 1.29 is 19.4 Å². The predicted octanol–water partition coefficient (Wildman–Crippen LogP) is 0.0319. The van der Waals surface area contributed by atoms with Crippen LogP contribution in [0.2, 0.25) is 0 Å². The van der Waals surface area contributed by atoms with Gasteiger partial charge in [0, 0.05) is 5.56 Å². The number of rotatable bonds is 4. The summed E-state index contributed by atoms with van der Waals surface area (Å²) in [6.45, 7) is 5.74. The van der Waals surface area contributed by atoms with Gasteiger partial charge in [-0.15, -0.1) is 0 Å². The maximum atomic E-state index is 12.7. The van der Waals surface area contributed by atoms with Crippen molar-refractivity contribution in [1.82, 2.24) is 4.90 Å². The predicted molar refractivity (Wildman–Crippen MR) is 111 cm³/mol. The Bertz CT molecular complexity index is 930. The summed E-state index contributed by atoms with van der Waals surface area (Å²) in [7, 11) is 0. The normalized spacial score (nSPS) is 29.4. The second-order valence-corrected chi connectivity index (χ2v) is 8.73. The zero-order valence-electron chi connectivity index (χ0n) is 16.8. The Morgan fingerprint density at radius 1 is 0.793 bits per heavy atom. The number of likely N-dealkylation sites (tertiary alicyclic amines) is 1. The average Bonchev–Trinajstić information content (AvgIpc) is 3.00. The minimum Gasteiger partial charge on any atom is -0.322 e. The number of carbonyl (C=O) groups excluding carboxylic acids is 2. The molecule has 2 aliphatic heterocycles. The molecule has 2 heterocycles. The lowest BCUT2D eigenvalue weighted by Gasteiger charge is -2.31. The van der Waals surface area contributed by atoms with Crippen LogP contribution in [0.5, 0.6) is 0 Å². The zero-order valence-corrected chi connectivity index (χ0v) is 16.8. The molecule has 5 nitrogen and oxygen atoms in total. The van der Waals surface area contributed by atoms with E-state index < -0.39 is 0 Å². The molecule has 29 heavy (non-hydrogen) atoms. The van der Waals surface area contributed by atoms with Gasteiger partial charge in [-0.3, -0.25) is 9.59 Å². The number of piperazine rings is 1. The molecule has 2 amide bonds. The van der Waals surface area contributed by atoms with Gasteiger partial charge in [0.2, 0.25) is 11.8 Å². The molecular formula is C24H29N3O2+2. The van der Waals surface area contributed by atoms with Gasteiger partial charge >= 0.3 is 0 Å². The van der Waals surface area contributed by atoms with Crippen molar-refractivity contribution >= 4 is 22.6 Å². The third-order valence-electron chi connectivity index (χ3n) is 6.97. The van der Waals surface area contributed by atoms with Crippen LogP contribution in [0.25, 0.3) is 10.8 Å². The van der Waals surface area contributed by atoms with Crippen LogP contribution in [0, 0.1) is 11.8 Å². The Kier molecular flexibility index (Phi) is 4.94. The number of quaternary nitrogens is 2. The first-order valence-corrected chi connectivity index (χ1v) is 10.8. The first-order chi connectivity index (χ1) is 14.2. The van der Waals surface area contributed by atoms with E-state index in [0.717, 1.165) is 45.6 Å². The molecule has 2 aromatic carbocycles. The summed E-state index contributed by atoms with van der Waals surface area (Å²) in [5, 5.41) is 2.65. The third-order valence-corrected chi connectivity index (χ3v) is 6.97. The number of hydrogen-bond acceptors (Lipinski definition) is 2. The van der Waals surface area contributed by atoms with Crippen LogP contribution in [0.15, 0.2) is 54.6 Å². The quantitative estimate of drug-likeness (QED) is 0.571. The van der Waals surface area contributed by atoms with E-state index in [1.54, 1.807) is 9.80 Å². The fourth-order valence-corrected chi connectivity index (χ4v) is 5.26. The number of nitrogens with one attached hydrogen (secondary N) is 2. The second-order valence-electron chi connectivity index (χ2n) is 8.73. The van der Waals surface area contributed by atoms with Gasteiger partial charge in [-0.2, -0.15) is 0 Å². The fraction of sp³-hybridized carbons (Fsp3) is 0.417. The monoisotopic (exact) mass is 391 g/mol. The molecule has 2 fully saturated rings. The number of fused-ring (bicyclic) bond motifs is 2. The van der Waals surface area contributed by atoms with E-state index in [2.05, 4.69) is 54.6 Å². The summed E-state index contributed by atoms with van der Waals surface area (Å²) in [6.07, 6.45) is 5.56. The van der Waals surface area contributed by atoms with Crippen LogP contribution in [-0.2, 0) is 16.1 Å². The first-order valence-electron chi connectivity index (χ1n) is 10.8. The summed E-state index contributed by atoms with van der Waals surface area (Å²) in [5.41, 5.74) is 1.41. The standard InChI is InChI=1S/C24H27N3O2/c28-23-21-10-3-4-11-22(21)24(29)27(23)17-26-14-12-25(13-15-26)16-19-8-5-7-18-6-1-2-9-20(18)19/h1-9,21-22H,10-17H2/p+2/t21-,22-/m0/s1. The molecule has 3 aliphatic rings. The van der Waals surface area contributed by atoms with Gasteiger partial charge < -0.3 is 9.80 Å². The Hall–Kier alpha value is -2.50. The Morgan fingerprint density at radius 2 is 1.41 bits per heavy atom. The smallest absolute Gasteiger partial charge is 0.237 e. The molecule has 2 atom stereocenters. The van der Waals surface area contributed by atoms with Crippen molar-refractivity contribution in [1.29, 1.82) is 0 Å². The number of hydrogen-bond donors (Lipinski definition) is 2. The Labute approximate surface area is 171 Å². The number of benzene rings is 2. The largest absolute Gasteiger partial charge is 0.322 e. The minimum atomic E-state index is -0.106. The van der Waals surface area contributed by atoms with Crippen molar-refractivity contribution in [2.45, 2.75) is 19.4 Å². The molecule has 0 unspecified atom stereocenters. The maximum Gasteiger partial charge on any atom is 0.237 e. The molecule has 5 heteroatoms. The molecule has 0 radical (unpaired) electrons. The summed E-state index contributed by atoms with van der Waals surface area (Å²) < 4.78 is 0. The van der Waals surface area contributed by atoms with E-state index in [0.29, 0.717) is 6.67 Å². The van der Waals surface area contributed by atoms with E-state index in [1.165, 1.54) is 21.2 Å². The third kappa shape index (κ3) is 3.49. The number of nitrogens with zero attached hydrogens (tertiary/aromatic N) is 1. The van der Waals surface area contributed by atoms with E-state index in [-0.39, 0.29) is 23.7 Å². The fourth-order valence-electron chi connectivity index (χ4n) is 5.26. The van der Waals surface area contributed by atoms with Gasteiger partial charge in [-0.05, 0) is 23.6 Å². The van der Waals surface area contributed by atoms with E-state index in [9.17, 15) is 9.59 Å². The van der Waals surface area contributed by atoms with Gasteiger partial charge in [0.15, 0.2) is 6.67 Å². The molecule has 0 bridgehead atoms. The number of amides is 2. The van der Waals surface area contributed by atoms with Crippen LogP contribution >= 0.6 is 0 Å². The van der Waals surface area contributed by atoms with Crippen LogP contribution in [0.1, 0.15) is 18.4 Å². The van der Waals surface area contributed by atoms with Gasteiger partial charge in [0.25, 0.3) is 0 Å². The van der Waals surface area contributed by atoms with Gasteiger partial charge in [-0.25, -0.2) is 4.90 Å². The Morgan fingerprint density at radius 3 is 2.14 bits per heavy atom. The summed E-state index contributed by atoms with van der Waals surface area (Å²) in [6, 6.07) is 15.2. The first kappa shape index (κ1) is 18.5. The molecule has 0 saturated carbocycles. The number of imide groups is 1. The maximum absolute atomic E-state index is 12.7. The number of allylic oxidation sites excluding steroid dienone is 2. The molecule has 0 aromatic heterocycles. The van der Waals surface area contributed by atoms with Crippen LogP contribution in [0.3, 0.4) is 0 Å². The van der Waals surface area contributed by atoms with Crippen LogP contribution in [0.4, 0.5) is 0 Å². The molecule has 0 spiro atoms. The highest BCUT2D eigenvalue weighted by molar-refractivity contribution is 6.05. The molecule has 5 rings (SSSR count). The molecule has 2 saturated heterocycles. The van der Waals surface area contributed by atoms with Crippen molar-refractivity contribution in [3.8, 4) is 0 Å². The molecular weight excluding hydrogens is 362 g/mol. The van der Waals surface area contributed by atoms with E-state index in [4.69, 9.17) is 0 Å². The van der Waals surface area contributed by atoms with Gasteiger partial charge in [0.05, 0.1) is 11.8 Å². The number of carbonyl (C=O) groups is 2. The minimum absolute atomic E-state index is 0.0578. The van der Waals surface area contributed by atoms with Gasteiger partial charge in [-0.1, -0.05) is 54.6 Å². The van der Waals surface area contributed by atoms with Crippen molar-refractivity contribution in [2.24, 2.45) is 11.8 Å². The van der Waals surface area contributed by atoms with Crippen LogP contribution in [-0.4, -0.2) is 49.6 Å². The molecule has 2 aromatic rings. The topological polar surface area (TPSA) is 46.3 Å². The summed E-state index contributed by atoms with van der Waals surface area (Å²) >= 11 is 0. The highest BCUT2D eigenvalue weighted by Gasteiger charge is 2.48. The summed E-state index contributed by atoms with van der Waals surface area (Å²) in [5.74, 6) is -0.0971. The van der Waals surface area contributed by atoms with Gasteiger partial charge in [0.1, 0.15) is 32.7 Å². The molecule has 1 aliphatic carbocycles. The van der Waals surface area contributed by atoms with E-state index in [1.807, 2.05) is 0 Å². The Balaban J connectivity index is 1.19. The SMILES string of the molecule is O=C1[C@H]2CC=CC[C@@H]2C(=O)N1C[NH+]1CC[NH+](Cc2cccc3ccccc23)CC1.